The van der Waals surface area contributed by atoms with Crippen molar-refractivity contribution >= 4 is 179 Å². The molecule has 3 fully saturated rings. The molecule has 7 heterocycles. The largest absolute Gasteiger partial charge is 0.495 e. The van der Waals surface area contributed by atoms with Crippen LogP contribution in [-0.2, 0) is 27.9 Å². The molecule has 4 aromatic heterocycles. The summed E-state index contributed by atoms with van der Waals surface area (Å²) in [5, 5.41) is 20.6. The predicted molar refractivity (Wildman–Crippen MR) is 459 cm³/mol. The zero-order valence-electron chi connectivity index (χ0n) is 64.3. The molecule has 111 heavy (non-hydrogen) atoms. The van der Waals surface area contributed by atoms with Crippen LogP contribution in [0.3, 0.4) is 0 Å². The van der Waals surface area contributed by atoms with E-state index in [2.05, 4.69) is 314 Å². The van der Waals surface area contributed by atoms with Gasteiger partial charge in [0.2, 0.25) is 0 Å². The Hall–Kier alpha value is -11.2. The van der Waals surface area contributed by atoms with E-state index < -0.39 is 43.8 Å². The van der Waals surface area contributed by atoms with E-state index in [9.17, 15) is 0 Å². The van der Waals surface area contributed by atoms with Gasteiger partial charge in [-0.15, -0.1) is 0 Å². The van der Waals surface area contributed by atoms with Gasteiger partial charge in [0.25, 0.3) is 0 Å². The lowest BCUT2D eigenvalue weighted by atomic mass is 9.74. The van der Waals surface area contributed by atoms with Crippen molar-refractivity contribution in [1.29, 1.82) is 0 Å². The molecule has 19 aromatic rings. The van der Waals surface area contributed by atoms with E-state index in [0.29, 0.717) is 0 Å². The number of furan rings is 4. The van der Waals surface area contributed by atoms with Crippen LogP contribution in [-0.4, -0.2) is 55.0 Å². The SMILES string of the molecule is CC1(C)OB(c2cc(-c3c4ccccc4cc4c3oc3ccccc34)cc3ccccc23)OC1(C)C.CC1(C)OB(c2cccc3ccc(-c4ccc5cc6oc7ccccc7c6cc5c4)cc23)OC1(C)C.CC1(C)OB(c2cccc3oc4ccc(-c5cccc6oc7cc8ccccc8cc7c56)cc4c23)OC1(C)C. The minimum Gasteiger partial charge on any atom is -0.456 e. The second kappa shape index (κ2) is 25.1. The molecule has 0 saturated carbocycles. The summed E-state index contributed by atoms with van der Waals surface area (Å²) < 4.78 is 64.0. The first-order valence-corrected chi connectivity index (χ1v) is 38.5. The maximum Gasteiger partial charge on any atom is 0.495 e. The minimum atomic E-state index is -0.474. The highest BCUT2D eigenvalue weighted by molar-refractivity contribution is 6.67. The molecule has 0 N–H and O–H groups in total. The first-order chi connectivity index (χ1) is 53.4. The molecular formula is C98H81B3O10. The van der Waals surface area contributed by atoms with Crippen LogP contribution in [0.1, 0.15) is 83.1 Å². The molecule has 0 spiro atoms. The van der Waals surface area contributed by atoms with Crippen LogP contribution in [0.25, 0.3) is 175 Å². The van der Waals surface area contributed by atoms with E-state index >= 15 is 0 Å². The average Bonchev–Trinajstić information content (AvgIpc) is 1.72. The maximum absolute atomic E-state index is 6.53. The summed E-state index contributed by atoms with van der Waals surface area (Å²) in [6.45, 7) is 25.1. The van der Waals surface area contributed by atoms with Gasteiger partial charge in [-0.1, -0.05) is 188 Å². The number of benzene rings is 15. The van der Waals surface area contributed by atoms with Crippen molar-refractivity contribution in [2.75, 3.05) is 0 Å². The predicted octanol–water partition coefficient (Wildman–Crippen LogP) is 24.3. The van der Waals surface area contributed by atoms with Gasteiger partial charge in [0.15, 0.2) is 0 Å². The lowest BCUT2D eigenvalue weighted by molar-refractivity contribution is 0.00578. The quantitative estimate of drug-likeness (QED) is 0.149. The Labute approximate surface area is 644 Å². The highest BCUT2D eigenvalue weighted by Gasteiger charge is 2.55. The molecular weight excluding hydrogens is 1370 g/mol. The number of fused-ring (bicyclic) bond motifs is 17. The zero-order chi connectivity index (χ0) is 75.8. The Balaban J connectivity index is 0.000000109. The van der Waals surface area contributed by atoms with Crippen molar-refractivity contribution in [1.82, 2.24) is 0 Å². The third kappa shape index (κ3) is 11.3. The van der Waals surface area contributed by atoms with Gasteiger partial charge in [-0.3, -0.25) is 0 Å². The molecule has 3 aliphatic rings. The third-order valence-corrected chi connectivity index (χ3v) is 24.9. The maximum atomic E-state index is 6.53. The number of rotatable bonds is 6. The molecule has 13 heteroatoms. The van der Waals surface area contributed by atoms with E-state index in [1.165, 1.54) is 48.8 Å². The number of hydrogen-bond acceptors (Lipinski definition) is 10. The smallest absolute Gasteiger partial charge is 0.456 e. The lowest BCUT2D eigenvalue weighted by Gasteiger charge is -2.32. The van der Waals surface area contributed by atoms with Crippen molar-refractivity contribution in [3.8, 4) is 33.4 Å². The normalized spacial score (nSPS) is 17.0. The van der Waals surface area contributed by atoms with E-state index in [1.54, 1.807) is 0 Å². The van der Waals surface area contributed by atoms with Crippen LogP contribution in [0.4, 0.5) is 0 Å². The summed E-state index contributed by atoms with van der Waals surface area (Å²) in [6, 6.07) is 95.9. The standard InChI is InChI=1S/C34H27BO4.2C32H27BO3/c1-33(2)34(3,4)39-35(38-33)26-12-8-14-29-32(26)24-18-22(15-16-27(24)36-29)23-11-7-13-28-31(23)25-17-20-9-5-6-10-21(20)19-30(25)37-28;1-31(2)32(3,4)36-33(35-31)27-19-22(17-20-11-5-7-13-23(20)27)29-24-14-8-6-12-21(24)18-26-25-15-9-10-16-28(25)34-30(26)29;1-31(2)32(3,4)36-33(35-31)28-10-7-8-20-12-13-22(17-26(20)28)21-14-15-23-19-30-27(18-24(23)16-21)25-9-5-6-11-29(25)34-30/h5-19H,1-4H3;2*5-19H,1-4H3. The van der Waals surface area contributed by atoms with Crippen molar-refractivity contribution in [3.63, 3.8) is 0 Å². The second-order valence-corrected chi connectivity index (χ2v) is 33.3. The summed E-state index contributed by atoms with van der Waals surface area (Å²) in [5.74, 6) is 0. The monoisotopic (exact) mass is 1450 g/mol. The van der Waals surface area contributed by atoms with Gasteiger partial charge in [-0.2, -0.15) is 0 Å². The van der Waals surface area contributed by atoms with Crippen molar-refractivity contribution in [2.24, 2.45) is 0 Å². The number of hydrogen-bond donors (Lipinski definition) is 0. The van der Waals surface area contributed by atoms with Crippen molar-refractivity contribution < 1.29 is 45.6 Å². The van der Waals surface area contributed by atoms with Crippen LogP contribution < -0.4 is 16.4 Å². The molecule has 10 nitrogen and oxygen atoms in total. The molecule has 3 saturated heterocycles. The van der Waals surface area contributed by atoms with Gasteiger partial charge in [-0.05, 0) is 266 Å². The first kappa shape index (κ1) is 69.0. The fraction of sp³-hybridized carbons (Fsp3) is 0.184. The topological polar surface area (TPSA) is 108 Å². The Morgan fingerprint density at radius 3 is 1.29 bits per heavy atom. The molecule has 0 atom stereocenters. The van der Waals surface area contributed by atoms with Gasteiger partial charge in [0.05, 0.1) is 33.6 Å². The summed E-state index contributed by atoms with van der Waals surface area (Å²) in [6.07, 6.45) is 0. The van der Waals surface area contributed by atoms with Crippen molar-refractivity contribution in [2.45, 2.75) is 117 Å². The average molecular weight is 1450 g/mol. The van der Waals surface area contributed by atoms with E-state index in [0.717, 1.165) is 143 Å². The minimum absolute atomic E-state index is 0.377. The van der Waals surface area contributed by atoms with Gasteiger partial charge in [0, 0.05) is 48.7 Å². The highest BCUT2D eigenvalue weighted by atomic mass is 16.7. The molecule has 15 aromatic carbocycles. The van der Waals surface area contributed by atoms with E-state index in [-0.39, 0.29) is 11.2 Å². The Morgan fingerprint density at radius 2 is 0.613 bits per heavy atom. The molecule has 0 amide bonds. The fourth-order valence-corrected chi connectivity index (χ4v) is 16.7. The molecule has 0 bridgehead atoms. The van der Waals surface area contributed by atoms with Crippen molar-refractivity contribution in [3.05, 3.63) is 273 Å². The van der Waals surface area contributed by atoms with Crippen LogP contribution in [0.15, 0.2) is 291 Å². The molecule has 0 unspecified atom stereocenters. The van der Waals surface area contributed by atoms with Crippen LogP contribution in [0.5, 0.6) is 0 Å². The zero-order valence-corrected chi connectivity index (χ0v) is 64.3. The molecule has 22 rings (SSSR count). The van der Waals surface area contributed by atoms with Crippen LogP contribution in [0.2, 0.25) is 0 Å². The fourth-order valence-electron chi connectivity index (χ4n) is 16.7. The van der Waals surface area contributed by atoms with Crippen LogP contribution in [0, 0.1) is 0 Å². The Morgan fingerprint density at radius 1 is 0.207 bits per heavy atom. The second-order valence-electron chi connectivity index (χ2n) is 33.3. The summed E-state index contributed by atoms with van der Waals surface area (Å²) >= 11 is 0. The van der Waals surface area contributed by atoms with Gasteiger partial charge in [-0.25, -0.2) is 0 Å². The lowest BCUT2D eigenvalue weighted by Crippen LogP contribution is -2.41. The van der Waals surface area contributed by atoms with Gasteiger partial charge >= 0.3 is 21.4 Å². The molecule has 542 valence electrons. The summed E-state index contributed by atoms with van der Waals surface area (Å²) in [5.41, 5.74) is 14.6. The van der Waals surface area contributed by atoms with Gasteiger partial charge in [0.1, 0.15) is 44.7 Å². The number of para-hydroxylation sites is 2. The van der Waals surface area contributed by atoms with E-state index in [1.807, 2.05) is 42.5 Å². The highest BCUT2D eigenvalue weighted by Crippen LogP contribution is 2.47. The summed E-state index contributed by atoms with van der Waals surface area (Å²) in [7, 11) is -1.33. The molecule has 3 aliphatic heterocycles. The first-order valence-electron chi connectivity index (χ1n) is 38.5. The summed E-state index contributed by atoms with van der Waals surface area (Å²) in [4.78, 5) is 0. The molecule has 0 radical (unpaired) electrons. The Bertz CT molecular complexity index is 7000. The van der Waals surface area contributed by atoms with E-state index in [4.69, 9.17) is 45.6 Å². The van der Waals surface area contributed by atoms with Gasteiger partial charge < -0.3 is 45.6 Å². The Kier molecular flexibility index (Phi) is 15.6. The third-order valence-electron chi connectivity index (χ3n) is 24.9. The molecule has 0 aliphatic carbocycles. The van der Waals surface area contributed by atoms with Crippen LogP contribution >= 0.6 is 0 Å².